The van der Waals surface area contributed by atoms with Gasteiger partial charge in [-0.1, -0.05) is 36.7 Å². The van der Waals surface area contributed by atoms with Crippen LogP contribution in [0.15, 0.2) is 36.4 Å². The molecule has 0 saturated heterocycles. The summed E-state index contributed by atoms with van der Waals surface area (Å²) in [6.45, 7) is 3.29. The number of hydrogen-bond acceptors (Lipinski definition) is 2. The maximum absolute atomic E-state index is 14.0. The molecule has 0 unspecified atom stereocenters. The van der Waals surface area contributed by atoms with Gasteiger partial charge in [0.15, 0.2) is 23.1 Å². The molecule has 0 aromatic heterocycles. The van der Waals surface area contributed by atoms with Crippen LogP contribution in [0.5, 0.6) is 11.5 Å². The molecule has 2 rings (SSSR count). The van der Waals surface area contributed by atoms with Crippen molar-refractivity contribution in [2.45, 2.75) is 19.9 Å². The molecular weight excluding hydrogens is 296 g/mol. The van der Waals surface area contributed by atoms with Gasteiger partial charge in [0.1, 0.15) is 0 Å². The molecule has 0 spiro atoms. The first-order valence-corrected chi connectivity index (χ1v) is 7.11. The van der Waals surface area contributed by atoms with E-state index >= 15 is 0 Å². The first-order chi connectivity index (χ1) is 10.1. The van der Waals surface area contributed by atoms with E-state index in [1.165, 1.54) is 18.2 Å². The second-order valence-electron chi connectivity index (χ2n) is 4.56. The number of rotatable bonds is 6. The Hall–Kier alpha value is -1.65. The van der Waals surface area contributed by atoms with Gasteiger partial charge in [-0.25, -0.2) is 8.78 Å². The van der Waals surface area contributed by atoms with Gasteiger partial charge >= 0.3 is 0 Å². The Balaban J connectivity index is 2.28. The van der Waals surface area contributed by atoms with Crippen molar-refractivity contribution >= 4 is 11.6 Å². The van der Waals surface area contributed by atoms with Crippen molar-refractivity contribution < 1.29 is 13.5 Å². The number of ether oxygens (including phenoxy) is 1. The zero-order valence-electron chi connectivity index (χ0n) is 11.6. The summed E-state index contributed by atoms with van der Waals surface area (Å²) in [6, 6.07) is 8.99. The quantitative estimate of drug-likeness (QED) is 0.765. The highest BCUT2D eigenvalue weighted by Gasteiger charge is 2.14. The highest BCUT2D eigenvalue weighted by molar-refractivity contribution is 6.30. The first kappa shape index (κ1) is 15.7. The predicted octanol–water partition coefficient (Wildman–Crippen LogP) is 4.91. The zero-order valence-corrected chi connectivity index (χ0v) is 12.4. The highest BCUT2D eigenvalue weighted by atomic mass is 35.5. The van der Waals surface area contributed by atoms with Crippen LogP contribution in [-0.2, 0) is 6.54 Å². The molecule has 2 aromatic carbocycles. The maximum atomic E-state index is 14.0. The average molecular weight is 312 g/mol. The van der Waals surface area contributed by atoms with E-state index < -0.39 is 11.6 Å². The molecule has 2 nitrogen and oxygen atoms in total. The summed E-state index contributed by atoms with van der Waals surface area (Å²) in [6.07, 6.45) is 0.967. The molecule has 0 heterocycles. The third-order valence-corrected chi connectivity index (χ3v) is 3.21. The number of nitrogens with one attached hydrogen (secondary N) is 1. The van der Waals surface area contributed by atoms with E-state index in [-0.39, 0.29) is 16.5 Å². The minimum atomic E-state index is -0.699. The Morgan fingerprint density at radius 3 is 2.67 bits per heavy atom. The molecule has 0 aliphatic heterocycles. The summed E-state index contributed by atoms with van der Waals surface area (Å²) in [5.41, 5.74) is 0.628. The SMILES string of the molecule is CCCNCc1cccc(F)c1Oc1cccc(Cl)c1F. The van der Waals surface area contributed by atoms with Crippen LogP contribution in [0.3, 0.4) is 0 Å². The van der Waals surface area contributed by atoms with Crippen LogP contribution in [-0.4, -0.2) is 6.54 Å². The third-order valence-electron chi connectivity index (χ3n) is 2.92. The van der Waals surface area contributed by atoms with Crippen molar-refractivity contribution in [2.75, 3.05) is 6.54 Å². The van der Waals surface area contributed by atoms with E-state index in [0.29, 0.717) is 12.1 Å². The number of halogens is 3. The summed E-state index contributed by atoms with van der Waals surface area (Å²) in [7, 11) is 0. The third kappa shape index (κ3) is 3.93. The van der Waals surface area contributed by atoms with Crippen molar-refractivity contribution in [3.8, 4) is 11.5 Å². The molecule has 0 atom stereocenters. The van der Waals surface area contributed by atoms with Gasteiger partial charge in [0, 0.05) is 12.1 Å². The molecule has 2 aromatic rings. The van der Waals surface area contributed by atoms with Gasteiger partial charge in [-0.05, 0) is 31.2 Å². The zero-order chi connectivity index (χ0) is 15.2. The van der Waals surface area contributed by atoms with Crippen molar-refractivity contribution in [2.24, 2.45) is 0 Å². The monoisotopic (exact) mass is 311 g/mol. The molecule has 112 valence electrons. The van der Waals surface area contributed by atoms with Gasteiger partial charge < -0.3 is 10.1 Å². The Kier molecular flexibility index (Phi) is 5.53. The van der Waals surface area contributed by atoms with Crippen LogP contribution in [0.25, 0.3) is 0 Å². The molecule has 0 radical (unpaired) electrons. The van der Waals surface area contributed by atoms with Crippen LogP contribution >= 0.6 is 11.6 Å². The molecule has 0 fully saturated rings. The number of hydrogen-bond donors (Lipinski definition) is 1. The van der Waals surface area contributed by atoms with Gasteiger partial charge in [-0.2, -0.15) is 0 Å². The van der Waals surface area contributed by atoms with E-state index in [0.717, 1.165) is 13.0 Å². The van der Waals surface area contributed by atoms with Crippen molar-refractivity contribution in [3.63, 3.8) is 0 Å². The van der Waals surface area contributed by atoms with Gasteiger partial charge in [0.25, 0.3) is 0 Å². The fourth-order valence-electron chi connectivity index (χ4n) is 1.88. The Morgan fingerprint density at radius 1 is 1.14 bits per heavy atom. The van der Waals surface area contributed by atoms with Gasteiger partial charge in [-0.3, -0.25) is 0 Å². The second-order valence-corrected chi connectivity index (χ2v) is 4.97. The Bertz CT molecular complexity index is 619. The van der Waals surface area contributed by atoms with Crippen molar-refractivity contribution in [1.29, 1.82) is 0 Å². The number of benzene rings is 2. The average Bonchev–Trinajstić information content (AvgIpc) is 2.47. The van der Waals surface area contributed by atoms with E-state index in [4.69, 9.17) is 16.3 Å². The van der Waals surface area contributed by atoms with E-state index in [1.54, 1.807) is 18.2 Å². The summed E-state index contributed by atoms with van der Waals surface area (Å²) in [4.78, 5) is 0. The summed E-state index contributed by atoms with van der Waals surface area (Å²) >= 11 is 5.70. The molecule has 21 heavy (non-hydrogen) atoms. The Labute approximate surface area is 127 Å². The lowest BCUT2D eigenvalue weighted by atomic mass is 10.2. The first-order valence-electron chi connectivity index (χ1n) is 6.73. The lowest BCUT2D eigenvalue weighted by molar-refractivity contribution is 0.408. The van der Waals surface area contributed by atoms with Crippen LogP contribution in [0.2, 0.25) is 5.02 Å². The standard InChI is InChI=1S/C16H16ClF2NO/c1-2-9-20-10-11-5-3-7-13(18)16(11)21-14-8-4-6-12(17)15(14)19/h3-8,20H,2,9-10H2,1H3. The smallest absolute Gasteiger partial charge is 0.184 e. The van der Waals surface area contributed by atoms with Gasteiger partial charge in [0.2, 0.25) is 0 Å². The summed E-state index contributed by atoms with van der Waals surface area (Å²) in [5.74, 6) is -1.31. The second kappa shape index (κ2) is 7.38. The van der Waals surface area contributed by atoms with Crippen molar-refractivity contribution in [1.82, 2.24) is 5.32 Å². The molecule has 1 N–H and O–H groups in total. The molecule has 0 bridgehead atoms. The molecule has 5 heteroatoms. The normalized spacial score (nSPS) is 10.7. The fraction of sp³-hybridized carbons (Fsp3) is 0.250. The van der Waals surface area contributed by atoms with Crippen molar-refractivity contribution in [3.05, 3.63) is 58.6 Å². The number of para-hydroxylation sites is 1. The van der Waals surface area contributed by atoms with Crippen LogP contribution in [0.4, 0.5) is 8.78 Å². The van der Waals surface area contributed by atoms with E-state index in [1.807, 2.05) is 6.92 Å². The van der Waals surface area contributed by atoms with Crippen LogP contribution < -0.4 is 10.1 Å². The summed E-state index contributed by atoms with van der Waals surface area (Å²) < 4.78 is 33.2. The highest BCUT2D eigenvalue weighted by Crippen LogP contribution is 2.32. The van der Waals surface area contributed by atoms with Crippen LogP contribution in [0.1, 0.15) is 18.9 Å². The van der Waals surface area contributed by atoms with E-state index in [2.05, 4.69) is 5.32 Å². The molecule has 0 amide bonds. The summed E-state index contributed by atoms with van der Waals surface area (Å²) in [5, 5.41) is 3.10. The molecule has 0 aliphatic rings. The minimum Gasteiger partial charge on any atom is -0.451 e. The Morgan fingerprint density at radius 2 is 1.90 bits per heavy atom. The van der Waals surface area contributed by atoms with Gasteiger partial charge in [-0.15, -0.1) is 0 Å². The van der Waals surface area contributed by atoms with Crippen LogP contribution in [0, 0.1) is 11.6 Å². The van der Waals surface area contributed by atoms with Gasteiger partial charge in [0.05, 0.1) is 5.02 Å². The lowest BCUT2D eigenvalue weighted by Gasteiger charge is -2.13. The van der Waals surface area contributed by atoms with E-state index in [9.17, 15) is 8.78 Å². The maximum Gasteiger partial charge on any atom is 0.184 e. The predicted molar refractivity (Wildman–Crippen MR) is 79.9 cm³/mol. The largest absolute Gasteiger partial charge is 0.451 e. The molecule has 0 aliphatic carbocycles. The minimum absolute atomic E-state index is 0.0160. The lowest BCUT2D eigenvalue weighted by Crippen LogP contribution is -2.14. The topological polar surface area (TPSA) is 21.3 Å². The molecular formula is C16H16ClF2NO. The fourth-order valence-corrected chi connectivity index (χ4v) is 2.05. The molecule has 0 saturated carbocycles.